The first-order valence-corrected chi connectivity index (χ1v) is 8.04. The summed E-state index contributed by atoms with van der Waals surface area (Å²) in [5, 5.41) is 3.39. The number of aryl methyl sites for hydroxylation is 1. The van der Waals surface area contributed by atoms with E-state index >= 15 is 0 Å². The molecule has 0 amide bonds. The molecule has 0 spiro atoms. The first kappa shape index (κ1) is 16.7. The van der Waals surface area contributed by atoms with Crippen molar-refractivity contribution in [2.45, 2.75) is 66.3 Å². The van der Waals surface area contributed by atoms with Gasteiger partial charge in [-0.15, -0.1) is 0 Å². The molecule has 1 unspecified atom stereocenters. The van der Waals surface area contributed by atoms with Crippen molar-refractivity contribution in [3.8, 4) is 0 Å². The molecule has 0 aromatic carbocycles. The molecular formula is C16H30N4. The van der Waals surface area contributed by atoms with Crippen LogP contribution in [0.3, 0.4) is 0 Å². The van der Waals surface area contributed by atoms with Crippen molar-refractivity contribution >= 4 is 11.6 Å². The molecule has 0 radical (unpaired) electrons. The molecule has 0 aliphatic carbocycles. The molecule has 1 rings (SSSR count). The summed E-state index contributed by atoms with van der Waals surface area (Å²) in [5.74, 6) is 2.96. The first-order chi connectivity index (χ1) is 9.65. The molecular weight excluding hydrogens is 248 g/mol. The Bertz CT molecular complexity index is 392. The summed E-state index contributed by atoms with van der Waals surface area (Å²) in [6.07, 6.45) is 4.24. The van der Waals surface area contributed by atoms with E-state index < -0.39 is 0 Å². The van der Waals surface area contributed by atoms with Gasteiger partial charge in [0.25, 0.3) is 0 Å². The van der Waals surface area contributed by atoms with Crippen LogP contribution in [0.4, 0.5) is 11.6 Å². The van der Waals surface area contributed by atoms with E-state index in [0.29, 0.717) is 6.04 Å². The van der Waals surface area contributed by atoms with E-state index in [2.05, 4.69) is 55.9 Å². The highest BCUT2D eigenvalue weighted by atomic mass is 15.2. The van der Waals surface area contributed by atoms with Gasteiger partial charge in [-0.05, 0) is 33.1 Å². The molecule has 1 aromatic heterocycles. The predicted molar refractivity (Wildman–Crippen MR) is 87.6 cm³/mol. The zero-order valence-corrected chi connectivity index (χ0v) is 13.7. The molecule has 0 fully saturated rings. The fourth-order valence-electron chi connectivity index (χ4n) is 2.23. The SMILES string of the molecule is CCCNc1cc(N(CC)C(C)CC)nc(CCC)n1. The highest BCUT2D eigenvalue weighted by Crippen LogP contribution is 2.20. The van der Waals surface area contributed by atoms with Crippen LogP contribution < -0.4 is 10.2 Å². The minimum atomic E-state index is 0.503. The summed E-state index contributed by atoms with van der Waals surface area (Å²) in [5.41, 5.74) is 0. The van der Waals surface area contributed by atoms with Crippen molar-refractivity contribution in [1.82, 2.24) is 9.97 Å². The van der Waals surface area contributed by atoms with Crippen LogP contribution in [0.15, 0.2) is 6.07 Å². The summed E-state index contributed by atoms with van der Waals surface area (Å²) in [7, 11) is 0. The van der Waals surface area contributed by atoms with Gasteiger partial charge in [0.15, 0.2) is 0 Å². The van der Waals surface area contributed by atoms with Gasteiger partial charge >= 0.3 is 0 Å². The normalized spacial score (nSPS) is 12.2. The summed E-state index contributed by atoms with van der Waals surface area (Å²) in [6.45, 7) is 12.9. The van der Waals surface area contributed by atoms with Crippen molar-refractivity contribution < 1.29 is 0 Å². The molecule has 1 heterocycles. The predicted octanol–water partition coefficient (Wildman–Crippen LogP) is 3.88. The summed E-state index contributed by atoms with van der Waals surface area (Å²) >= 11 is 0. The maximum atomic E-state index is 4.75. The van der Waals surface area contributed by atoms with E-state index in [9.17, 15) is 0 Å². The van der Waals surface area contributed by atoms with Crippen LogP contribution in [-0.4, -0.2) is 29.1 Å². The fraction of sp³-hybridized carbons (Fsp3) is 0.750. The molecule has 4 heteroatoms. The van der Waals surface area contributed by atoms with Crippen LogP contribution in [0, 0.1) is 0 Å². The lowest BCUT2D eigenvalue weighted by atomic mass is 10.2. The van der Waals surface area contributed by atoms with E-state index in [1.807, 2.05) is 0 Å². The van der Waals surface area contributed by atoms with E-state index in [4.69, 9.17) is 4.98 Å². The van der Waals surface area contributed by atoms with Crippen LogP contribution in [0.2, 0.25) is 0 Å². The summed E-state index contributed by atoms with van der Waals surface area (Å²) in [4.78, 5) is 11.7. The highest BCUT2D eigenvalue weighted by molar-refractivity contribution is 5.50. The van der Waals surface area contributed by atoms with Gasteiger partial charge in [-0.25, -0.2) is 9.97 Å². The molecule has 1 aromatic rings. The van der Waals surface area contributed by atoms with Gasteiger partial charge in [-0.2, -0.15) is 0 Å². The average Bonchev–Trinajstić information content (AvgIpc) is 2.46. The van der Waals surface area contributed by atoms with Gasteiger partial charge in [-0.1, -0.05) is 20.8 Å². The van der Waals surface area contributed by atoms with E-state index in [1.54, 1.807) is 0 Å². The molecule has 0 aliphatic rings. The monoisotopic (exact) mass is 278 g/mol. The second-order valence-electron chi connectivity index (χ2n) is 5.25. The Hall–Kier alpha value is -1.32. The average molecular weight is 278 g/mol. The van der Waals surface area contributed by atoms with Crippen LogP contribution in [-0.2, 0) is 6.42 Å². The minimum Gasteiger partial charge on any atom is -0.370 e. The van der Waals surface area contributed by atoms with Crippen molar-refractivity contribution in [3.63, 3.8) is 0 Å². The van der Waals surface area contributed by atoms with Gasteiger partial charge in [-0.3, -0.25) is 0 Å². The standard InChI is InChI=1S/C16H30N4/c1-6-10-14-18-15(17-11-7-2)12-16(19-14)20(9-4)13(5)8-3/h12-13H,6-11H2,1-5H3,(H,17,18,19). The van der Waals surface area contributed by atoms with Crippen LogP contribution in [0.5, 0.6) is 0 Å². The molecule has 0 saturated heterocycles. The van der Waals surface area contributed by atoms with Gasteiger partial charge in [0, 0.05) is 31.6 Å². The number of nitrogens with one attached hydrogen (secondary N) is 1. The van der Waals surface area contributed by atoms with Crippen molar-refractivity contribution in [2.24, 2.45) is 0 Å². The second kappa shape index (κ2) is 8.77. The molecule has 114 valence electrons. The number of hydrogen-bond donors (Lipinski definition) is 1. The lowest BCUT2D eigenvalue weighted by molar-refractivity contribution is 0.620. The van der Waals surface area contributed by atoms with Crippen LogP contribution in [0.1, 0.15) is 59.7 Å². The zero-order valence-electron chi connectivity index (χ0n) is 13.7. The van der Waals surface area contributed by atoms with Gasteiger partial charge < -0.3 is 10.2 Å². The zero-order chi connectivity index (χ0) is 15.0. The highest BCUT2D eigenvalue weighted by Gasteiger charge is 2.14. The summed E-state index contributed by atoms with van der Waals surface area (Å²) in [6, 6.07) is 2.59. The number of nitrogens with zero attached hydrogens (tertiary/aromatic N) is 3. The topological polar surface area (TPSA) is 41.0 Å². The third kappa shape index (κ3) is 4.66. The Morgan fingerprint density at radius 3 is 2.45 bits per heavy atom. The number of anilines is 2. The van der Waals surface area contributed by atoms with Gasteiger partial charge in [0.1, 0.15) is 17.5 Å². The van der Waals surface area contributed by atoms with Gasteiger partial charge in [0.2, 0.25) is 0 Å². The summed E-state index contributed by atoms with van der Waals surface area (Å²) < 4.78 is 0. The van der Waals surface area contributed by atoms with Crippen LogP contribution >= 0.6 is 0 Å². The van der Waals surface area contributed by atoms with E-state index in [-0.39, 0.29) is 0 Å². The van der Waals surface area contributed by atoms with Crippen LogP contribution in [0.25, 0.3) is 0 Å². The largest absolute Gasteiger partial charge is 0.370 e. The Labute approximate surface area is 124 Å². The molecule has 0 bridgehead atoms. The van der Waals surface area contributed by atoms with Crippen molar-refractivity contribution in [1.29, 1.82) is 0 Å². The third-order valence-corrected chi connectivity index (χ3v) is 3.55. The Morgan fingerprint density at radius 2 is 1.90 bits per heavy atom. The lowest BCUT2D eigenvalue weighted by Crippen LogP contribution is -2.33. The number of hydrogen-bond acceptors (Lipinski definition) is 4. The third-order valence-electron chi connectivity index (χ3n) is 3.55. The smallest absolute Gasteiger partial charge is 0.134 e. The first-order valence-electron chi connectivity index (χ1n) is 8.04. The quantitative estimate of drug-likeness (QED) is 0.744. The molecule has 1 N–H and O–H groups in total. The van der Waals surface area contributed by atoms with E-state index in [0.717, 1.165) is 56.2 Å². The second-order valence-corrected chi connectivity index (χ2v) is 5.25. The Morgan fingerprint density at radius 1 is 1.15 bits per heavy atom. The molecule has 1 atom stereocenters. The minimum absolute atomic E-state index is 0.503. The number of aromatic nitrogens is 2. The Kier molecular flexibility index (Phi) is 7.34. The van der Waals surface area contributed by atoms with Crippen molar-refractivity contribution in [2.75, 3.05) is 23.3 Å². The fourth-order valence-corrected chi connectivity index (χ4v) is 2.23. The molecule has 0 saturated carbocycles. The van der Waals surface area contributed by atoms with Gasteiger partial charge in [0.05, 0.1) is 0 Å². The lowest BCUT2D eigenvalue weighted by Gasteiger charge is -2.29. The maximum absolute atomic E-state index is 4.75. The molecule has 20 heavy (non-hydrogen) atoms. The van der Waals surface area contributed by atoms with E-state index in [1.165, 1.54) is 0 Å². The maximum Gasteiger partial charge on any atom is 0.134 e. The van der Waals surface area contributed by atoms with Crippen molar-refractivity contribution in [3.05, 3.63) is 11.9 Å². The Balaban J connectivity index is 3.05. The molecule has 4 nitrogen and oxygen atoms in total. The number of rotatable bonds is 9. The molecule has 0 aliphatic heterocycles.